The molecule has 0 spiro atoms. The van der Waals surface area contributed by atoms with Crippen LogP contribution in [0.5, 0.6) is 0 Å². The van der Waals surface area contributed by atoms with Crippen LogP contribution in [0.1, 0.15) is 72.1 Å². The molecule has 3 heteroatoms. The van der Waals surface area contributed by atoms with Gasteiger partial charge in [-0.15, -0.1) is 0 Å². The second kappa shape index (κ2) is 4.96. The molecule has 2 bridgehead atoms. The van der Waals surface area contributed by atoms with Gasteiger partial charge in [0.2, 0.25) is 0 Å². The summed E-state index contributed by atoms with van der Waals surface area (Å²) in [6, 6.07) is 3.45. The number of hydrogen-bond donors (Lipinski definition) is 2. The first-order chi connectivity index (χ1) is 9.78. The Morgan fingerprint density at radius 3 is 2.00 bits per heavy atom. The molecule has 0 aromatic heterocycles. The fourth-order valence-electron chi connectivity index (χ4n) is 5.17. The van der Waals surface area contributed by atoms with E-state index in [2.05, 4.69) is 32.2 Å². The summed E-state index contributed by atoms with van der Waals surface area (Å²) < 4.78 is 0. The van der Waals surface area contributed by atoms with Gasteiger partial charge in [-0.05, 0) is 62.7 Å². The van der Waals surface area contributed by atoms with Crippen molar-refractivity contribution < 1.29 is 5.11 Å². The number of nitrogens with one attached hydrogen (secondary N) is 1. The molecule has 3 rings (SSSR count). The van der Waals surface area contributed by atoms with Gasteiger partial charge in [-0.3, -0.25) is 0 Å². The lowest BCUT2D eigenvalue weighted by Crippen LogP contribution is -2.58. The molecule has 1 saturated carbocycles. The zero-order chi connectivity index (χ0) is 15.3. The summed E-state index contributed by atoms with van der Waals surface area (Å²) in [6.45, 7) is 6.91. The van der Waals surface area contributed by atoms with Crippen LogP contribution >= 0.6 is 0 Å². The third-order valence-electron chi connectivity index (χ3n) is 6.67. The van der Waals surface area contributed by atoms with Crippen LogP contribution in [0.2, 0.25) is 0 Å². The molecule has 2 saturated heterocycles. The Labute approximate surface area is 129 Å². The van der Waals surface area contributed by atoms with E-state index in [0.717, 1.165) is 38.5 Å². The van der Waals surface area contributed by atoms with E-state index >= 15 is 0 Å². The fraction of sp³-hybridized carbons (Fsp3) is 0.944. The van der Waals surface area contributed by atoms with Crippen LogP contribution in [0.3, 0.4) is 0 Å². The first-order valence-electron chi connectivity index (χ1n) is 8.68. The molecular weight excluding hydrogens is 260 g/mol. The summed E-state index contributed by atoms with van der Waals surface area (Å²) >= 11 is 0. The van der Waals surface area contributed by atoms with Crippen LogP contribution in [0.25, 0.3) is 0 Å². The molecule has 0 radical (unpaired) electrons. The highest BCUT2D eigenvalue weighted by Gasteiger charge is 2.57. The predicted octanol–water partition coefficient (Wildman–Crippen LogP) is 3.38. The molecule has 2 unspecified atom stereocenters. The highest BCUT2D eigenvalue weighted by molar-refractivity contribution is 5.17. The second-order valence-electron chi connectivity index (χ2n) is 8.91. The van der Waals surface area contributed by atoms with Gasteiger partial charge in [0.25, 0.3) is 0 Å². The topological polar surface area (TPSA) is 56.0 Å². The van der Waals surface area contributed by atoms with Gasteiger partial charge < -0.3 is 10.4 Å². The molecule has 2 atom stereocenters. The Bertz CT molecular complexity index is 425. The summed E-state index contributed by atoms with van der Waals surface area (Å²) in [5.74, 6) is 0.681. The molecule has 2 heterocycles. The van der Waals surface area contributed by atoms with E-state index in [1.807, 2.05) is 0 Å². The number of aliphatic hydroxyl groups is 1. The first-order valence-corrected chi connectivity index (χ1v) is 8.68. The molecule has 21 heavy (non-hydrogen) atoms. The highest BCUT2D eigenvalue weighted by Crippen LogP contribution is 2.54. The number of piperidine rings is 1. The van der Waals surface area contributed by atoms with Gasteiger partial charge in [0.15, 0.2) is 0 Å². The first kappa shape index (κ1) is 15.3. The van der Waals surface area contributed by atoms with Gasteiger partial charge in [0.1, 0.15) is 0 Å². The lowest BCUT2D eigenvalue weighted by atomic mass is 9.56. The Morgan fingerprint density at radius 2 is 1.57 bits per heavy atom. The van der Waals surface area contributed by atoms with E-state index in [1.54, 1.807) is 0 Å². The standard InChI is InChI=1S/C18H30N2O/c1-16(2,3)13-6-8-17(12-19,9-7-13)18(21)10-14-4-5-15(11-18)20-14/h13-15,20-21H,4-11H2,1-3H3. The normalized spacial score (nSPS) is 47.1. The zero-order valence-corrected chi connectivity index (χ0v) is 13.8. The van der Waals surface area contributed by atoms with Gasteiger partial charge in [0.05, 0.1) is 17.1 Å². The monoisotopic (exact) mass is 290 g/mol. The van der Waals surface area contributed by atoms with Crippen molar-refractivity contribution in [2.75, 3.05) is 0 Å². The number of nitriles is 1. The molecule has 3 nitrogen and oxygen atoms in total. The van der Waals surface area contributed by atoms with Crippen molar-refractivity contribution in [1.82, 2.24) is 5.32 Å². The van der Waals surface area contributed by atoms with E-state index in [9.17, 15) is 10.4 Å². The van der Waals surface area contributed by atoms with Crippen LogP contribution in [0.15, 0.2) is 0 Å². The number of nitrogens with zero attached hydrogens (tertiary/aromatic N) is 1. The molecule has 3 aliphatic rings. The molecule has 1 aliphatic carbocycles. The van der Waals surface area contributed by atoms with E-state index < -0.39 is 11.0 Å². The predicted molar refractivity (Wildman–Crippen MR) is 83.6 cm³/mol. The maximum atomic E-state index is 11.4. The average Bonchev–Trinajstić information content (AvgIpc) is 2.77. The van der Waals surface area contributed by atoms with Crippen LogP contribution in [0.4, 0.5) is 0 Å². The Hall–Kier alpha value is -0.590. The number of hydrogen-bond acceptors (Lipinski definition) is 3. The van der Waals surface area contributed by atoms with Crippen LogP contribution in [-0.2, 0) is 0 Å². The molecule has 0 aromatic carbocycles. The molecule has 2 N–H and O–H groups in total. The van der Waals surface area contributed by atoms with Crippen molar-refractivity contribution >= 4 is 0 Å². The Kier molecular flexibility index (Phi) is 3.62. The van der Waals surface area contributed by atoms with Crippen LogP contribution < -0.4 is 5.32 Å². The zero-order valence-electron chi connectivity index (χ0n) is 13.8. The average molecular weight is 290 g/mol. The molecular formula is C18H30N2O. The second-order valence-corrected chi connectivity index (χ2v) is 8.91. The molecule has 2 aliphatic heterocycles. The van der Waals surface area contributed by atoms with E-state index in [0.29, 0.717) is 23.4 Å². The van der Waals surface area contributed by atoms with E-state index in [1.165, 1.54) is 12.8 Å². The van der Waals surface area contributed by atoms with Crippen LogP contribution in [-0.4, -0.2) is 22.8 Å². The van der Waals surface area contributed by atoms with Crippen molar-refractivity contribution in [3.63, 3.8) is 0 Å². The quantitative estimate of drug-likeness (QED) is 0.778. The highest BCUT2D eigenvalue weighted by atomic mass is 16.3. The largest absolute Gasteiger partial charge is 0.388 e. The smallest absolute Gasteiger partial charge is 0.0862 e. The van der Waals surface area contributed by atoms with E-state index in [4.69, 9.17) is 0 Å². The molecule has 0 amide bonds. The van der Waals surface area contributed by atoms with Gasteiger partial charge in [-0.2, -0.15) is 5.26 Å². The summed E-state index contributed by atoms with van der Waals surface area (Å²) in [5, 5.41) is 24.9. The minimum atomic E-state index is -0.762. The Morgan fingerprint density at radius 1 is 1.05 bits per heavy atom. The number of fused-ring (bicyclic) bond motifs is 2. The third-order valence-corrected chi connectivity index (χ3v) is 6.67. The van der Waals surface area contributed by atoms with Gasteiger partial charge in [0, 0.05) is 12.1 Å². The van der Waals surface area contributed by atoms with Crippen LogP contribution in [0, 0.1) is 28.1 Å². The third kappa shape index (κ3) is 2.51. The minimum Gasteiger partial charge on any atom is -0.388 e. The lowest BCUT2D eigenvalue weighted by molar-refractivity contribution is -0.112. The molecule has 118 valence electrons. The maximum Gasteiger partial charge on any atom is 0.0862 e. The molecule has 3 fully saturated rings. The van der Waals surface area contributed by atoms with Crippen molar-refractivity contribution in [3.8, 4) is 6.07 Å². The van der Waals surface area contributed by atoms with Crippen molar-refractivity contribution in [2.24, 2.45) is 16.7 Å². The summed E-state index contributed by atoms with van der Waals surface area (Å²) in [6.07, 6.45) is 7.81. The summed E-state index contributed by atoms with van der Waals surface area (Å²) in [5.41, 5.74) is -0.948. The van der Waals surface area contributed by atoms with Gasteiger partial charge >= 0.3 is 0 Å². The number of rotatable bonds is 1. The SMILES string of the molecule is CC(C)(C)C1CCC(C#N)(C2(O)CC3CCC(C2)N3)CC1. The Balaban J connectivity index is 1.78. The fourth-order valence-corrected chi connectivity index (χ4v) is 5.17. The van der Waals surface area contributed by atoms with E-state index in [-0.39, 0.29) is 0 Å². The summed E-state index contributed by atoms with van der Waals surface area (Å²) in [4.78, 5) is 0. The van der Waals surface area contributed by atoms with Crippen molar-refractivity contribution in [1.29, 1.82) is 5.26 Å². The maximum absolute atomic E-state index is 11.4. The van der Waals surface area contributed by atoms with Crippen molar-refractivity contribution in [2.45, 2.75) is 89.8 Å². The van der Waals surface area contributed by atoms with Crippen molar-refractivity contribution in [3.05, 3.63) is 0 Å². The summed E-state index contributed by atoms with van der Waals surface area (Å²) in [7, 11) is 0. The van der Waals surface area contributed by atoms with Gasteiger partial charge in [-0.25, -0.2) is 0 Å². The molecule has 0 aromatic rings. The van der Waals surface area contributed by atoms with Gasteiger partial charge in [-0.1, -0.05) is 20.8 Å². The minimum absolute atomic E-state index is 0.317. The lowest BCUT2D eigenvalue weighted by Gasteiger charge is -2.51.